The number of rotatable bonds is 7. The Bertz CT molecular complexity index is 1260. The van der Waals surface area contributed by atoms with E-state index >= 15 is 0 Å². The van der Waals surface area contributed by atoms with Crippen molar-refractivity contribution in [2.75, 3.05) is 5.32 Å². The molecule has 3 N–H and O–H groups in total. The van der Waals surface area contributed by atoms with Gasteiger partial charge in [-0.2, -0.15) is 4.39 Å². The van der Waals surface area contributed by atoms with Crippen LogP contribution in [0.4, 0.5) is 15.1 Å². The number of thioether (sulfide) groups is 1. The lowest BCUT2D eigenvalue weighted by atomic mass is 9.91. The summed E-state index contributed by atoms with van der Waals surface area (Å²) in [6.45, 7) is 0.386. The second kappa shape index (κ2) is 10.4. The molecule has 3 aromatic heterocycles. The Labute approximate surface area is 205 Å². The Hall–Kier alpha value is -3.57. The molecule has 3 aromatic rings. The molecule has 2 aliphatic rings. The topological polar surface area (TPSA) is 122 Å². The Morgan fingerprint density at radius 3 is 2.66 bits per heavy atom. The zero-order valence-corrected chi connectivity index (χ0v) is 19.5. The van der Waals surface area contributed by atoms with Gasteiger partial charge in [-0.05, 0) is 67.3 Å². The van der Waals surface area contributed by atoms with Crippen LogP contribution < -0.4 is 16.0 Å². The van der Waals surface area contributed by atoms with Gasteiger partial charge < -0.3 is 15.1 Å². The van der Waals surface area contributed by atoms with Gasteiger partial charge in [0.15, 0.2) is 0 Å². The summed E-state index contributed by atoms with van der Waals surface area (Å²) in [5.41, 5.74) is 2.69. The van der Waals surface area contributed by atoms with E-state index < -0.39 is 11.9 Å². The molecule has 2 fully saturated rings. The Balaban J connectivity index is 1.15. The van der Waals surface area contributed by atoms with Crippen molar-refractivity contribution in [1.82, 2.24) is 25.6 Å². The highest BCUT2D eigenvalue weighted by Gasteiger charge is 2.26. The maximum atomic E-state index is 14.5. The smallest absolute Gasteiger partial charge is 0.290 e. The second-order valence-corrected chi connectivity index (χ2v) is 9.39. The van der Waals surface area contributed by atoms with E-state index in [9.17, 15) is 14.0 Å². The number of pyridine rings is 1. The third-order valence-electron chi connectivity index (χ3n) is 6.06. The molecule has 1 saturated heterocycles. The molecule has 0 aromatic carbocycles. The first-order valence-corrected chi connectivity index (χ1v) is 12.1. The fourth-order valence-electron chi connectivity index (χ4n) is 4.27. The van der Waals surface area contributed by atoms with Crippen LogP contribution in [0.3, 0.4) is 0 Å². The Morgan fingerprint density at radius 2 is 1.91 bits per heavy atom. The highest BCUT2D eigenvalue weighted by atomic mass is 32.2. The summed E-state index contributed by atoms with van der Waals surface area (Å²) in [6.07, 6.45) is 11.5. The summed E-state index contributed by atoms with van der Waals surface area (Å²) in [5, 5.41) is 8.68. The van der Waals surface area contributed by atoms with E-state index in [1.165, 1.54) is 6.20 Å². The lowest BCUT2D eigenvalue weighted by Gasteiger charge is -2.30. The number of halogens is 1. The van der Waals surface area contributed by atoms with Crippen LogP contribution in [0.1, 0.15) is 36.9 Å². The predicted molar refractivity (Wildman–Crippen MR) is 130 cm³/mol. The third kappa shape index (κ3) is 5.57. The van der Waals surface area contributed by atoms with Crippen LogP contribution in [0, 0.1) is 5.95 Å². The summed E-state index contributed by atoms with van der Waals surface area (Å²) in [4.78, 5) is 35.9. The van der Waals surface area contributed by atoms with Gasteiger partial charge in [-0.1, -0.05) is 0 Å². The lowest BCUT2D eigenvalue weighted by molar-refractivity contribution is -0.115. The van der Waals surface area contributed by atoms with Crippen molar-refractivity contribution in [2.24, 2.45) is 0 Å². The van der Waals surface area contributed by atoms with Gasteiger partial charge in [0.05, 0.1) is 23.1 Å². The Kier molecular flexibility index (Phi) is 6.87. The zero-order valence-electron chi connectivity index (χ0n) is 18.7. The minimum Gasteiger partial charge on any atom is -0.472 e. The minimum absolute atomic E-state index is 0.207. The minimum atomic E-state index is -0.476. The molecule has 35 heavy (non-hydrogen) atoms. The summed E-state index contributed by atoms with van der Waals surface area (Å²) >= 11 is 0.856. The first-order chi connectivity index (χ1) is 17.0. The van der Waals surface area contributed by atoms with E-state index in [0.29, 0.717) is 28.7 Å². The van der Waals surface area contributed by atoms with E-state index in [-0.39, 0.29) is 17.3 Å². The highest BCUT2D eigenvalue weighted by molar-refractivity contribution is 8.18. The number of furan rings is 1. The van der Waals surface area contributed by atoms with Crippen LogP contribution in [-0.2, 0) is 11.3 Å². The van der Waals surface area contributed by atoms with Gasteiger partial charge >= 0.3 is 0 Å². The molecule has 9 nitrogen and oxygen atoms in total. The molecule has 4 heterocycles. The van der Waals surface area contributed by atoms with Crippen molar-refractivity contribution in [1.29, 1.82) is 0 Å². The monoisotopic (exact) mass is 494 g/mol. The average molecular weight is 495 g/mol. The van der Waals surface area contributed by atoms with Crippen molar-refractivity contribution in [3.05, 3.63) is 65.2 Å². The predicted octanol–water partition coefficient (Wildman–Crippen LogP) is 4.11. The van der Waals surface area contributed by atoms with Crippen LogP contribution in [0.25, 0.3) is 17.2 Å². The van der Waals surface area contributed by atoms with E-state index in [0.717, 1.165) is 48.6 Å². The number of carbonyl (C=O) groups is 2. The number of amides is 2. The molecule has 0 unspecified atom stereocenters. The van der Waals surface area contributed by atoms with Crippen LogP contribution in [0.2, 0.25) is 0 Å². The maximum Gasteiger partial charge on any atom is 0.290 e. The van der Waals surface area contributed by atoms with Gasteiger partial charge in [-0.25, -0.2) is 15.0 Å². The molecule has 1 aliphatic heterocycles. The van der Waals surface area contributed by atoms with Crippen LogP contribution in [0.5, 0.6) is 0 Å². The standard InChI is InChI=1S/C24H23FN6O3S/c25-21-19(18(6-9-26-21)14-7-10-34-13-14)12-28-15-1-3-16(4-2-15)29-23-27-8-5-17(30-23)11-20-22(32)31-24(33)35-20/h5-11,13,15-16,28H,1-4,12H2,(H,27,29,30)(H,31,32,33)/b20-11-. The molecular weight excluding hydrogens is 471 g/mol. The first-order valence-electron chi connectivity index (χ1n) is 11.3. The van der Waals surface area contributed by atoms with Crippen LogP contribution in [0.15, 0.2) is 52.4 Å². The van der Waals surface area contributed by atoms with Crippen LogP contribution >= 0.6 is 11.8 Å². The van der Waals surface area contributed by atoms with E-state index in [4.69, 9.17) is 4.42 Å². The normalized spacial score (nSPS) is 21.3. The number of nitrogens with one attached hydrogen (secondary N) is 3. The number of imide groups is 1. The van der Waals surface area contributed by atoms with E-state index in [2.05, 4.69) is 30.9 Å². The fourth-order valence-corrected chi connectivity index (χ4v) is 4.94. The number of nitrogens with zero attached hydrogens (tertiary/aromatic N) is 3. The zero-order chi connectivity index (χ0) is 24.2. The SMILES string of the molecule is O=C1NC(=O)/C(=C/c2ccnc(NC3CCC(NCc4c(-c5ccoc5)ccnc4F)CC3)n2)S1. The van der Waals surface area contributed by atoms with Gasteiger partial charge in [0.1, 0.15) is 0 Å². The highest BCUT2D eigenvalue weighted by Crippen LogP contribution is 2.27. The fraction of sp³-hybridized carbons (Fsp3) is 0.292. The van der Waals surface area contributed by atoms with Crippen LogP contribution in [-0.4, -0.2) is 38.2 Å². The maximum absolute atomic E-state index is 14.5. The van der Waals surface area contributed by atoms with Crippen molar-refractivity contribution < 1.29 is 18.4 Å². The van der Waals surface area contributed by atoms with Crippen molar-refractivity contribution in [3.8, 4) is 11.1 Å². The molecule has 180 valence electrons. The van der Waals surface area contributed by atoms with Gasteiger partial charge in [0, 0.05) is 42.1 Å². The summed E-state index contributed by atoms with van der Waals surface area (Å²) < 4.78 is 19.6. The quantitative estimate of drug-likeness (QED) is 0.329. The molecule has 11 heteroatoms. The number of hydrogen-bond donors (Lipinski definition) is 3. The number of carbonyl (C=O) groups excluding carboxylic acids is 2. The van der Waals surface area contributed by atoms with Gasteiger partial charge in [-0.3, -0.25) is 14.9 Å². The van der Waals surface area contributed by atoms with Gasteiger partial charge in [-0.15, -0.1) is 0 Å². The molecule has 1 aliphatic carbocycles. The first kappa shape index (κ1) is 23.2. The third-order valence-corrected chi connectivity index (χ3v) is 6.87. The van der Waals surface area contributed by atoms with Gasteiger partial charge in [0.25, 0.3) is 11.1 Å². The molecule has 0 atom stereocenters. The number of aromatic nitrogens is 3. The van der Waals surface area contributed by atoms with E-state index in [1.807, 2.05) is 6.07 Å². The average Bonchev–Trinajstić information content (AvgIpc) is 3.49. The number of hydrogen-bond acceptors (Lipinski definition) is 9. The summed E-state index contributed by atoms with van der Waals surface area (Å²) in [6, 6.07) is 5.76. The summed E-state index contributed by atoms with van der Waals surface area (Å²) in [7, 11) is 0. The Morgan fingerprint density at radius 1 is 1.11 bits per heavy atom. The van der Waals surface area contributed by atoms with E-state index in [1.54, 1.807) is 36.9 Å². The molecule has 0 radical (unpaired) electrons. The van der Waals surface area contributed by atoms with Crippen molar-refractivity contribution in [2.45, 2.75) is 44.3 Å². The lowest BCUT2D eigenvalue weighted by Crippen LogP contribution is -2.37. The number of anilines is 1. The molecule has 5 rings (SSSR count). The molecule has 1 saturated carbocycles. The van der Waals surface area contributed by atoms with Gasteiger partial charge in [0.2, 0.25) is 11.9 Å². The second-order valence-electron chi connectivity index (χ2n) is 8.37. The molecule has 0 spiro atoms. The van der Waals surface area contributed by atoms with Crippen molar-refractivity contribution in [3.63, 3.8) is 0 Å². The van der Waals surface area contributed by atoms with Crippen molar-refractivity contribution >= 4 is 34.9 Å². The molecular formula is C24H23FN6O3S. The molecule has 0 bridgehead atoms. The largest absolute Gasteiger partial charge is 0.472 e. The molecule has 2 amide bonds. The summed E-state index contributed by atoms with van der Waals surface area (Å²) in [5.74, 6) is -0.411.